The molecule has 2 aliphatic carbocycles. The van der Waals surface area contributed by atoms with Crippen LogP contribution in [0.5, 0.6) is 0 Å². The lowest BCUT2D eigenvalue weighted by Gasteiger charge is -2.34. The van der Waals surface area contributed by atoms with Gasteiger partial charge < -0.3 is 4.74 Å². The van der Waals surface area contributed by atoms with Crippen LogP contribution in [0.3, 0.4) is 0 Å². The number of ether oxygens (including phenoxy) is 1. The number of fused-ring (bicyclic) bond motifs is 2. The predicted octanol–water partition coefficient (Wildman–Crippen LogP) is 4.12. The molecule has 0 fully saturated rings. The molecule has 0 aliphatic heterocycles. The van der Waals surface area contributed by atoms with E-state index in [0.717, 1.165) is 5.57 Å². The van der Waals surface area contributed by atoms with Gasteiger partial charge in [-0.2, -0.15) is 0 Å². The Labute approximate surface area is 147 Å². The van der Waals surface area contributed by atoms with E-state index >= 15 is 0 Å². The highest BCUT2D eigenvalue weighted by atomic mass is 16.5. The summed E-state index contributed by atoms with van der Waals surface area (Å²) < 4.78 is 5.47. The summed E-state index contributed by atoms with van der Waals surface area (Å²) in [6, 6.07) is 6.84. The van der Waals surface area contributed by atoms with E-state index in [-0.39, 0.29) is 17.0 Å². The minimum atomic E-state index is -0.756. The second kappa shape index (κ2) is 6.10. The van der Waals surface area contributed by atoms with Crippen LogP contribution in [0.2, 0.25) is 0 Å². The Balaban J connectivity index is 2.14. The number of carbonyl (C=O) groups is 3. The van der Waals surface area contributed by atoms with Crippen LogP contribution in [0.1, 0.15) is 54.8 Å². The summed E-state index contributed by atoms with van der Waals surface area (Å²) in [6.07, 6.45) is 4.27. The van der Waals surface area contributed by atoms with Crippen LogP contribution >= 0.6 is 0 Å². The third-order valence-corrected chi connectivity index (χ3v) is 4.48. The Morgan fingerprint density at radius 2 is 1.68 bits per heavy atom. The van der Waals surface area contributed by atoms with Crippen molar-refractivity contribution in [1.82, 2.24) is 0 Å². The number of esters is 1. The first kappa shape index (κ1) is 17.3. The Morgan fingerprint density at radius 1 is 1.08 bits per heavy atom. The van der Waals surface area contributed by atoms with Crippen molar-refractivity contribution < 1.29 is 19.1 Å². The van der Waals surface area contributed by atoms with Gasteiger partial charge in [-0.05, 0) is 17.4 Å². The number of allylic oxidation sites excluding steroid dienone is 4. The Kier molecular flexibility index (Phi) is 4.23. The van der Waals surface area contributed by atoms with Gasteiger partial charge in [0.05, 0.1) is 11.8 Å². The lowest BCUT2D eigenvalue weighted by molar-refractivity contribution is -0.137. The molecule has 25 heavy (non-hydrogen) atoms. The lowest BCUT2D eigenvalue weighted by atomic mass is 9.69. The van der Waals surface area contributed by atoms with Crippen molar-refractivity contribution in [3.8, 4) is 0 Å². The molecule has 2 unspecified atom stereocenters. The lowest BCUT2D eigenvalue weighted by Crippen LogP contribution is -2.39. The number of Topliss-reactive ketones (excluding diaryl/α,β-unsaturated/α-hetero) is 2. The maximum Gasteiger partial charge on any atom is 0.307 e. The minimum absolute atomic E-state index is 0.0441. The largest absolute Gasteiger partial charge is 0.430 e. The molecule has 4 nitrogen and oxygen atoms in total. The zero-order valence-electron chi connectivity index (χ0n) is 15.0. The third-order valence-electron chi connectivity index (χ3n) is 4.48. The van der Waals surface area contributed by atoms with Gasteiger partial charge in [-0.25, -0.2) is 0 Å². The van der Waals surface area contributed by atoms with E-state index in [9.17, 15) is 14.4 Å². The molecule has 2 aliphatic rings. The molecule has 4 heteroatoms. The maximum atomic E-state index is 13.1. The van der Waals surface area contributed by atoms with Gasteiger partial charge in [0.25, 0.3) is 0 Å². The molecule has 0 amide bonds. The summed E-state index contributed by atoms with van der Waals surface area (Å²) >= 11 is 0. The molecule has 0 saturated heterocycles. The third kappa shape index (κ3) is 3.21. The number of carbonyl (C=O) groups excluding carboxylic acids is 3. The van der Waals surface area contributed by atoms with Gasteiger partial charge in [0.15, 0.2) is 11.6 Å². The van der Waals surface area contributed by atoms with E-state index in [1.807, 2.05) is 6.08 Å². The number of hydrogen-bond acceptors (Lipinski definition) is 4. The molecule has 0 radical (unpaired) electrons. The van der Waals surface area contributed by atoms with Crippen LogP contribution in [-0.4, -0.2) is 17.5 Å². The van der Waals surface area contributed by atoms with E-state index in [0.29, 0.717) is 23.3 Å². The monoisotopic (exact) mass is 338 g/mol. The van der Waals surface area contributed by atoms with Crippen molar-refractivity contribution in [2.75, 3.05) is 0 Å². The molecule has 0 spiro atoms. The second-order valence-corrected chi connectivity index (χ2v) is 7.86. The molecule has 2 atom stereocenters. The van der Waals surface area contributed by atoms with E-state index in [2.05, 4.69) is 20.8 Å². The van der Waals surface area contributed by atoms with Crippen LogP contribution in [-0.2, 0) is 9.53 Å². The second-order valence-electron chi connectivity index (χ2n) is 7.86. The van der Waals surface area contributed by atoms with Crippen molar-refractivity contribution >= 4 is 17.5 Å². The molecule has 1 aromatic rings. The summed E-state index contributed by atoms with van der Waals surface area (Å²) in [7, 11) is 0. The first-order valence-electron chi connectivity index (χ1n) is 8.46. The molecular weight excluding hydrogens is 316 g/mol. The number of rotatable bonds is 2. The van der Waals surface area contributed by atoms with Gasteiger partial charge in [0.2, 0.25) is 0 Å². The van der Waals surface area contributed by atoms with Crippen molar-refractivity contribution in [1.29, 1.82) is 0 Å². The molecule has 0 N–H and O–H groups in total. The summed E-state index contributed by atoms with van der Waals surface area (Å²) in [6.45, 7) is 7.55. The highest BCUT2D eigenvalue weighted by Gasteiger charge is 2.45. The summed E-state index contributed by atoms with van der Waals surface area (Å²) in [5.41, 5.74) is 1.62. The van der Waals surface area contributed by atoms with Crippen LogP contribution in [0.25, 0.3) is 0 Å². The number of ketones is 2. The highest BCUT2D eigenvalue weighted by Crippen LogP contribution is 2.42. The summed E-state index contributed by atoms with van der Waals surface area (Å²) in [5.74, 6) is -1.77. The quantitative estimate of drug-likeness (QED) is 0.761. The standard InChI is InChI=1S/C21H22O4/c1-12(22)25-20-13(11-21(2,3)4)9-10-16-17(20)19(24)15-8-6-5-7-14(15)18(16)23/h5-10,16-17H,11H2,1-4H3. The average Bonchev–Trinajstić information content (AvgIpc) is 2.52. The van der Waals surface area contributed by atoms with Gasteiger partial charge in [-0.1, -0.05) is 57.2 Å². The minimum Gasteiger partial charge on any atom is -0.430 e. The first-order chi connectivity index (χ1) is 11.7. The molecule has 1 aromatic carbocycles. The van der Waals surface area contributed by atoms with Gasteiger partial charge in [0, 0.05) is 18.1 Å². The zero-order chi connectivity index (χ0) is 18.4. The van der Waals surface area contributed by atoms with Crippen molar-refractivity contribution in [3.05, 3.63) is 58.9 Å². The Morgan fingerprint density at radius 3 is 2.24 bits per heavy atom. The first-order valence-corrected chi connectivity index (χ1v) is 8.46. The van der Waals surface area contributed by atoms with Gasteiger partial charge >= 0.3 is 5.97 Å². The van der Waals surface area contributed by atoms with Crippen LogP contribution in [0.4, 0.5) is 0 Å². The molecule has 0 heterocycles. The number of hydrogen-bond donors (Lipinski definition) is 0. The Bertz CT molecular complexity index is 821. The molecule has 0 saturated carbocycles. The summed E-state index contributed by atoms with van der Waals surface area (Å²) in [5, 5.41) is 0. The molecule has 130 valence electrons. The fourth-order valence-electron chi connectivity index (χ4n) is 3.56. The maximum absolute atomic E-state index is 13.1. The van der Waals surface area contributed by atoms with Gasteiger partial charge in [-0.3, -0.25) is 14.4 Å². The summed E-state index contributed by atoms with van der Waals surface area (Å²) in [4.78, 5) is 37.6. The van der Waals surface area contributed by atoms with Crippen LogP contribution in [0.15, 0.2) is 47.7 Å². The fraction of sp³-hybridized carbons (Fsp3) is 0.381. The highest BCUT2D eigenvalue weighted by molar-refractivity contribution is 6.17. The van der Waals surface area contributed by atoms with Crippen molar-refractivity contribution in [2.45, 2.75) is 34.1 Å². The van der Waals surface area contributed by atoms with Crippen molar-refractivity contribution in [2.24, 2.45) is 17.3 Å². The molecule has 0 aromatic heterocycles. The van der Waals surface area contributed by atoms with Crippen LogP contribution in [0, 0.1) is 17.3 Å². The smallest absolute Gasteiger partial charge is 0.307 e. The predicted molar refractivity (Wildman–Crippen MR) is 94.1 cm³/mol. The van der Waals surface area contributed by atoms with Gasteiger partial charge in [0.1, 0.15) is 5.76 Å². The zero-order valence-corrected chi connectivity index (χ0v) is 15.0. The molecule has 0 bridgehead atoms. The molecular formula is C21H22O4. The average molecular weight is 338 g/mol. The molecule has 3 rings (SSSR count). The van der Waals surface area contributed by atoms with Gasteiger partial charge in [-0.15, -0.1) is 0 Å². The van der Waals surface area contributed by atoms with Crippen LogP contribution < -0.4 is 0 Å². The van der Waals surface area contributed by atoms with E-state index in [4.69, 9.17) is 4.74 Å². The topological polar surface area (TPSA) is 60.4 Å². The van der Waals surface area contributed by atoms with Crippen molar-refractivity contribution in [3.63, 3.8) is 0 Å². The number of benzene rings is 1. The SMILES string of the molecule is CC(=O)OC1=C(CC(C)(C)C)C=CC2C(=O)c3ccccc3C(=O)C12. The van der Waals surface area contributed by atoms with E-state index in [1.165, 1.54) is 6.92 Å². The normalized spacial score (nSPS) is 22.6. The fourth-order valence-corrected chi connectivity index (χ4v) is 3.56. The van der Waals surface area contributed by atoms with E-state index < -0.39 is 17.8 Å². The Hall–Kier alpha value is -2.49. The van der Waals surface area contributed by atoms with E-state index in [1.54, 1.807) is 30.3 Å².